The summed E-state index contributed by atoms with van der Waals surface area (Å²) >= 11 is 1.86. The standard InChI is InChI=1S/C14H26N2OS/c1-6-17-11-7-10(14(11,4)5)16-12-15-8-13(2,3)9-18-12/h10-11H,6-9H2,1-5H3,(H,15,16). The molecule has 2 atom stereocenters. The highest BCUT2D eigenvalue weighted by Gasteiger charge is 2.49. The van der Waals surface area contributed by atoms with Gasteiger partial charge < -0.3 is 10.1 Å². The Morgan fingerprint density at radius 3 is 2.61 bits per heavy atom. The summed E-state index contributed by atoms with van der Waals surface area (Å²) in [5.41, 5.74) is 0.560. The molecule has 1 N–H and O–H groups in total. The van der Waals surface area contributed by atoms with E-state index in [9.17, 15) is 0 Å². The first-order valence-electron chi connectivity index (χ1n) is 6.90. The fourth-order valence-electron chi connectivity index (χ4n) is 2.49. The second-order valence-electron chi connectivity index (χ2n) is 6.77. The first-order chi connectivity index (χ1) is 8.35. The highest BCUT2D eigenvalue weighted by atomic mass is 32.2. The van der Waals surface area contributed by atoms with Gasteiger partial charge in [0.15, 0.2) is 5.17 Å². The van der Waals surface area contributed by atoms with Gasteiger partial charge in [0.05, 0.1) is 6.10 Å². The van der Waals surface area contributed by atoms with E-state index in [1.54, 1.807) is 0 Å². The lowest BCUT2D eigenvalue weighted by Gasteiger charge is -2.52. The van der Waals surface area contributed by atoms with Gasteiger partial charge in [-0.15, -0.1) is 0 Å². The van der Waals surface area contributed by atoms with Gasteiger partial charge in [0.25, 0.3) is 0 Å². The lowest BCUT2D eigenvalue weighted by Crippen LogP contribution is -2.62. The van der Waals surface area contributed by atoms with Crippen LogP contribution in [-0.4, -0.2) is 36.2 Å². The van der Waals surface area contributed by atoms with E-state index < -0.39 is 0 Å². The van der Waals surface area contributed by atoms with Gasteiger partial charge in [-0.2, -0.15) is 0 Å². The molecule has 0 spiro atoms. The fourth-order valence-corrected chi connectivity index (χ4v) is 3.49. The topological polar surface area (TPSA) is 33.6 Å². The normalized spacial score (nSPS) is 33.5. The van der Waals surface area contributed by atoms with Crippen LogP contribution in [0.1, 0.15) is 41.0 Å². The molecule has 0 amide bonds. The molecule has 18 heavy (non-hydrogen) atoms. The summed E-state index contributed by atoms with van der Waals surface area (Å²) in [5.74, 6) is 1.15. The highest BCUT2D eigenvalue weighted by Crippen LogP contribution is 2.43. The van der Waals surface area contributed by atoms with Gasteiger partial charge >= 0.3 is 0 Å². The van der Waals surface area contributed by atoms with Crippen LogP contribution in [0.4, 0.5) is 0 Å². The minimum Gasteiger partial charge on any atom is -0.378 e. The van der Waals surface area contributed by atoms with Crippen molar-refractivity contribution in [2.45, 2.75) is 53.2 Å². The van der Waals surface area contributed by atoms with Crippen LogP contribution in [0.3, 0.4) is 0 Å². The predicted octanol–water partition coefficient (Wildman–Crippen LogP) is 2.91. The van der Waals surface area contributed by atoms with Crippen molar-refractivity contribution in [1.82, 2.24) is 5.32 Å². The molecular weight excluding hydrogens is 244 g/mol. The summed E-state index contributed by atoms with van der Waals surface area (Å²) < 4.78 is 5.76. The van der Waals surface area contributed by atoms with Crippen LogP contribution in [0.5, 0.6) is 0 Å². The number of nitrogens with zero attached hydrogens (tertiary/aromatic N) is 1. The van der Waals surface area contributed by atoms with E-state index in [0.29, 0.717) is 17.6 Å². The van der Waals surface area contributed by atoms with Crippen LogP contribution in [-0.2, 0) is 4.74 Å². The number of amidine groups is 1. The minimum atomic E-state index is 0.214. The van der Waals surface area contributed by atoms with Gasteiger partial charge in [-0.3, -0.25) is 4.99 Å². The molecule has 1 aliphatic carbocycles. The lowest BCUT2D eigenvalue weighted by molar-refractivity contribution is -0.109. The molecule has 2 unspecified atom stereocenters. The number of nitrogens with one attached hydrogen (secondary N) is 1. The zero-order valence-corrected chi connectivity index (χ0v) is 13.1. The molecule has 1 heterocycles. The van der Waals surface area contributed by atoms with Gasteiger partial charge in [-0.05, 0) is 18.8 Å². The quantitative estimate of drug-likeness (QED) is 0.856. The Kier molecular flexibility index (Phi) is 3.98. The lowest BCUT2D eigenvalue weighted by atomic mass is 9.64. The maximum absolute atomic E-state index is 5.76. The van der Waals surface area contributed by atoms with Crippen molar-refractivity contribution in [1.29, 1.82) is 0 Å². The maximum atomic E-state index is 5.76. The molecule has 1 fully saturated rings. The third-order valence-electron chi connectivity index (χ3n) is 4.09. The second-order valence-corrected chi connectivity index (χ2v) is 7.74. The molecule has 0 aromatic rings. The number of aliphatic imine (C=N–C) groups is 1. The molecule has 0 saturated heterocycles. The van der Waals surface area contributed by atoms with Gasteiger partial charge in [-0.25, -0.2) is 0 Å². The van der Waals surface area contributed by atoms with Gasteiger partial charge in [0.2, 0.25) is 0 Å². The number of hydrogen-bond donors (Lipinski definition) is 1. The van der Waals surface area contributed by atoms with Crippen LogP contribution < -0.4 is 5.32 Å². The zero-order valence-electron chi connectivity index (χ0n) is 12.2. The van der Waals surface area contributed by atoms with E-state index in [2.05, 4.69) is 44.9 Å². The fraction of sp³-hybridized carbons (Fsp3) is 0.929. The molecular formula is C14H26N2OS. The molecule has 0 aromatic heterocycles. The van der Waals surface area contributed by atoms with E-state index in [-0.39, 0.29) is 5.41 Å². The first kappa shape index (κ1) is 14.2. The van der Waals surface area contributed by atoms with Crippen LogP contribution in [0, 0.1) is 10.8 Å². The van der Waals surface area contributed by atoms with E-state index in [0.717, 1.165) is 30.5 Å². The number of ether oxygens (including phenoxy) is 1. The molecule has 2 aliphatic rings. The molecule has 4 heteroatoms. The molecule has 2 rings (SSSR count). The molecule has 1 aliphatic heterocycles. The van der Waals surface area contributed by atoms with Crippen molar-refractivity contribution in [3.63, 3.8) is 0 Å². The monoisotopic (exact) mass is 270 g/mol. The Balaban J connectivity index is 1.87. The van der Waals surface area contributed by atoms with E-state index >= 15 is 0 Å². The van der Waals surface area contributed by atoms with E-state index in [1.807, 2.05) is 11.8 Å². The van der Waals surface area contributed by atoms with Gasteiger partial charge in [-0.1, -0.05) is 39.5 Å². The molecule has 1 saturated carbocycles. The van der Waals surface area contributed by atoms with Crippen molar-refractivity contribution in [3.8, 4) is 0 Å². The average Bonchev–Trinajstić information content (AvgIpc) is 2.30. The van der Waals surface area contributed by atoms with Crippen molar-refractivity contribution in [3.05, 3.63) is 0 Å². The summed E-state index contributed by atoms with van der Waals surface area (Å²) in [6.07, 6.45) is 1.50. The Morgan fingerprint density at radius 1 is 1.39 bits per heavy atom. The molecule has 104 valence electrons. The summed E-state index contributed by atoms with van der Waals surface area (Å²) in [6, 6.07) is 0.501. The van der Waals surface area contributed by atoms with Gasteiger partial charge in [0.1, 0.15) is 0 Å². The second kappa shape index (κ2) is 5.04. The first-order valence-corrected chi connectivity index (χ1v) is 7.89. The Hall–Kier alpha value is -0.220. The largest absolute Gasteiger partial charge is 0.378 e. The minimum absolute atomic E-state index is 0.214. The summed E-state index contributed by atoms with van der Waals surface area (Å²) in [7, 11) is 0. The summed E-state index contributed by atoms with van der Waals surface area (Å²) in [4.78, 5) is 4.67. The van der Waals surface area contributed by atoms with Crippen molar-refractivity contribution >= 4 is 16.9 Å². The SMILES string of the molecule is CCOC1CC(NC2=NCC(C)(C)CS2)C1(C)C. The van der Waals surface area contributed by atoms with Crippen molar-refractivity contribution in [2.75, 3.05) is 18.9 Å². The zero-order chi connectivity index (χ0) is 13.4. The molecule has 3 nitrogen and oxygen atoms in total. The Bertz CT molecular complexity index is 339. The van der Waals surface area contributed by atoms with Crippen molar-refractivity contribution in [2.24, 2.45) is 15.8 Å². The van der Waals surface area contributed by atoms with E-state index in [1.165, 1.54) is 0 Å². The highest BCUT2D eigenvalue weighted by molar-refractivity contribution is 8.13. The molecule has 0 bridgehead atoms. The van der Waals surface area contributed by atoms with Crippen LogP contribution in [0.15, 0.2) is 4.99 Å². The molecule has 0 radical (unpaired) electrons. The van der Waals surface area contributed by atoms with Crippen molar-refractivity contribution < 1.29 is 4.74 Å². The average molecular weight is 270 g/mol. The number of rotatable bonds is 3. The summed E-state index contributed by atoms with van der Waals surface area (Å²) in [6.45, 7) is 12.9. The Labute approximate surface area is 115 Å². The smallest absolute Gasteiger partial charge is 0.156 e. The Morgan fingerprint density at radius 2 is 2.11 bits per heavy atom. The van der Waals surface area contributed by atoms with Gasteiger partial charge in [0, 0.05) is 30.4 Å². The maximum Gasteiger partial charge on any atom is 0.156 e. The predicted molar refractivity (Wildman–Crippen MR) is 79.3 cm³/mol. The number of thioether (sulfide) groups is 1. The van der Waals surface area contributed by atoms with Crippen LogP contribution >= 0.6 is 11.8 Å². The van der Waals surface area contributed by atoms with Crippen LogP contribution in [0.25, 0.3) is 0 Å². The van der Waals surface area contributed by atoms with Crippen LogP contribution in [0.2, 0.25) is 0 Å². The number of hydrogen-bond acceptors (Lipinski definition) is 4. The third-order valence-corrected chi connectivity index (χ3v) is 5.54. The third kappa shape index (κ3) is 2.85. The summed E-state index contributed by atoms with van der Waals surface area (Å²) in [5, 5.41) is 4.73. The molecule has 0 aromatic carbocycles. The van der Waals surface area contributed by atoms with E-state index in [4.69, 9.17) is 4.74 Å².